The van der Waals surface area contributed by atoms with Gasteiger partial charge in [0.05, 0.1) is 70.4 Å². The minimum absolute atomic E-state index is 0.0121. The molecule has 4 aromatic heterocycles. The number of nitrogens with one attached hydrogen (secondary N) is 2. The zero-order chi connectivity index (χ0) is 41.9. The van der Waals surface area contributed by atoms with Crippen molar-refractivity contribution in [3.63, 3.8) is 0 Å². The fourth-order valence-electron chi connectivity index (χ4n) is 6.77. The number of carbonyl (C=O) groups is 1. The molecule has 6 unspecified atom stereocenters. The molecule has 7 rings (SSSR count). The Kier molecular flexibility index (Phi) is 12.4. The molecule has 0 bridgehead atoms. The lowest BCUT2D eigenvalue weighted by molar-refractivity contribution is -0.0377. The molecule has 10 atom stereocenters. The number of halogens is 2. The quantitative estimate of drug-likeness (QED) is 0.0819. The molecule has 59 heavy (non-hydrogen) atoms. The zero-order valence-electron chi connectivity index (χ0n) is 30.3. The van der Waals surface area contributed by atoms with Crippen LogP contribution in [-0.4, -0.2) is 117 Å². The van der Waals surface area contributed by atoms with Crippen LogP contribution in [0.1, 0.15) is 35.7 Å². The van der Waals surface area contributed by atoms with Crippen molar-refractivity contribution in [2.45, 2.75) is 61.2 Å². The van der Waals surface area contributed by atoms with Crippen molar-refractivity contribution in [3.8, 4) is 12.1 Å². The maximum Gasteiger partial charge on any atom is 0.339 e. The Hall–Kier alpha value is -5.39. The van der Waals surface area contributed by atoms with E-state index < -0.39 is 101 Å². The van der Waals surface area contributed by atoms with Crippen molar-refractivity contribution in [2.24, 2.45) is 0 Å². The molecule has 2 fully saturated rings. The minimum atomic E-state index is -5.09. The van der Waals surface area contributed by atoms with Crippen LogP contribution in [-0.2, 0) is 32.2 Å². The van der Waals surface area contributed by atoms with Crippen LogP contribution in [0, 0.1) is 22.7 Å². The van der Waals surface area contributed by atoms with E-state index in [9.17, 15) is 34.0 Å². The van der Waals surface area contributed by atoms with Crippen LogP contribution in [0.4, 0.5) is 14.6 Å². The summed E-state index contributed by atoms with van der Waals surface area (Å²) in [5.41, 5.74) is -4.76. The SMILES string of the molecule is N#CCCOP(=O)(O)[C@@H]1C(COP(=O)(OCCC#N)[C@@H]2C(CO)OC(n3cnc4c(=O)[nH]cnc43)[C@@H]2F)OC(n2cnc3c(NC(=O)c4ccccc4)ncnc32)[C@@H]1F. The summed E-state index contributed by atoms with van der Waals surface area (Å²) in [7, 11) is -10.0. The summed E-state index contributed by atoms with van der Waals surface area (Å²) in [5, 5.41) is 31.1. The Balaban J connectivity index is 1.19. The number of nitriles is 2. The zero-order valence-corrected chi connectivity index (χ0v) is 32.1. The highest BCUT2D eigenvalue weighted by atomic mass is 31.2. The Morgan fingerprint density at radius 1 is 0.881 bits per heavy atom. The van der Waals surface area contributed by atoms with Gasteiger partial charge in [0.2, 0.25) is 0 Å². The van der Waals surface area contributed by atoms with Crippen LogP contribution in [0.2, 0.25) is 0 Å². The number of nitrogens with zero attached hydrogens (tertiary/aromatic N) is 9. The molecule has 2 aliphatic rings. The summed E-state index contributed by atoms with van der Waals surface area (Å²) in [5.74, 6) is -0.601. The van der Waals surface area contributed by atoms with Crippen molar-refractivity contribution in [1.82, 2.24) is 39.0 Å². The Bertz CT molecular complexity index is 2570. The number of hydrogen-bond acceptors (Lipinski definition) is 17. The average molecular weight is 860 g/mol. The monoisotopic (exact) mass is 859 g/mol. The van der Waals surface area contributed by atoms with Crippen LogP contribution in [0.3, 0.4) is 0 Å². The fraction of sp³-hybridized carbons (Fsp3) is 0.424. The van der Waals surface area contributed by atoms with E-state index in [0.717, 1.165) is 34.4 Å². The van der Waals surface area contributed by atoms with Crippen LogP contribution < -0.4 is 10.9 Å². The maximum atomic E-state index is 16.7. The van der Waals surface area contributed by atoms with Crippen LogP contribution in [0.25, 0.3) is 22.3 Å². The van der Waals surface area contributed by atoms with E-state index in [1.165, 1.54) is 0 Å². The van der Waals surface area contributed by atoms with E-state index >= 15 is 8.78 Å². The molecule has 0 radical (unpaired) electrons. The maximum absolute atomic E-state index is 16.7. The first kappa shape index (κ1) is 41.8. The molecule has 4 N–H and O–H groups in total. The first-order chi connectivity index (χ1) is 28.4. The number of aliphatic hydroxyl groups excluding tert-OH is 1. The summed E-state index contributed by atoms with van der Waals surface area (Å²) in [6.45, 7) is -3.11. The van der Waals surface area contributed by atoms with Gasteiger partial charge < -0.3 is 43.3 Å². The summed E-state index contributed by atoms with van der Waals surface area (Å²) in [6, 6.07) is 11.7. The highest BCUT2D eigenvalue weighted by Gasteiger charge is 2.60. The lowest BCUT2D eigenvalue weighted by Gasteiger charge is -2.29. The van der Waals surface area contributed by atoms with Gasteiger partial charge in [-0.1, -0.05) is 18.2 Å². The van der Waals surface area contributed by atoms with Gasteiger partial charge in [-0.2, -0.15) is 10.5 Å². The van der Waals surface area contributed by atoms with E-state index in [1.807, 2.05) is 0 Å². The third-order valence-corrected chi connectivity index (χ3v) is 13.8. The second-order valence-corrected chi connectivity index (χ2v) is 17.2. The highest BCUT2D eigenvalue weighted by molar-refractivity contribution is 7.55. The normalized spacial score (nSPS) is 26.3. The second-order valence-electron chi connectivity index (χ2n) is 13.0. The summed E-state index contributed by atoms with van der Waals surface area (Å²) in [6.07, 6.45) is -8.11. The number of aliphatic hydroxyl groups is 1. The van der Waals surface area contributed by atoms with Crippen LogP contribution >= 0.6 is 15.2 Å². The number of aromatic nitrogens is 8. The van der Waals surface area contributed by atoms with Crippen molar-refractivity contribution >= 4 is 49.2 Å². The van der Waals surface area contributed by atoms with Crippen LogP contribution in [0.15, 0.2) is 60.4 Å². The average Bonchev–Trinajstić information content (AvgIpc) is 4.01. The molecule has 0 saturated carbocycles. The number of carbonyl (C=O) groups excluding carboxylic acids is 1. The third-order valence-electron chi connectivity index (χ3n) is 9.44. The first-order valence-electron chi connectivity index (χ1n) is 17.7. The molecule has 310 valence electrons. The molecule has 26 heteroatoms. The smallest absolute Gasteiger partial charge is 0.339 e. The van der Waals surface area contributed by atoms with E-state index in [1.54, 1.807) is 42.5 Å². The lowest BCUT2D eigenvalue weighted by atomic mass is 10.2. The molecule has 1 aromatic carbocycles. The number of amides is 1. The van der Waals surface area contributed by atoms with Crippen molar-refractivity contribution in [3.05, 3.63) is 71.6 Å². The van der Waals surface area contributed by atoms with Crippen molar-refractivity contribution < 1.29 is 55.8 Å². The van der Waals surface area contributed by atoms with Gasteiger partial charge in [-0.05, 0) is 12.1 Å². The van der Waals surface area contributed by atoms with Gasteiger partial charge in [-0.3, -0.25) is 27.9 Å². The van der Waals surface area contributed by atoms with Gasteiger partial charge >= 0.3 is 15.2 Å². The van der Waals surface area contributed by atoms with E-state index in [4.69, 9.17) is 28.3 Å². The Morgan fingerprint density at radius 2 is 1.51 bits per heavy atom. The number of imidazole rings is 2. The molecule has 5 aromatic rings. The standard InChI is InChI=1S/C33H33F2N11O11P2/c34-21-25(58(50,51)53-10-4-8-36)20(57-32(21)45-16-42-23-27(38-14-39-28(23)45)44-30(48)18-6-2-1-3-7-18)13-55-59(52,54-11-5-9-37)26-19(12-47)56-33(22(26)35)46-17-43-24-29(46)40-15-41-31(24)49/h1-3,6-7,14-17,19-22,25-26,32-33,47H,4-5,10-13H2,(H,50,51)(H,40,41,49)(H,38,39,44,48)/t19?,20?,21-,22-,25-,26-,32?,33?,59?/m1/s1. The summed E-state index contributed by atoms with van der Waals surface area (Å²) in [4.78, 5) is 59.0. The van der Waals surface area contributed by atoms with Crippen LogP contribution in [0.5, 0.6) is 0 Å². The molecule has 0 aliphatic carbocycles. The Labute approximate surface area is 330 Å². The number of alkyl halides is 2. The number of fused-ring (bicyclic) bond motifs is 2. The molecule has 2 aliphatic heterocycles. The predicted octanol–water partition coefficient (Wildman–Crippen LogP) is 2.67. The largest absolute Gasteiger partial charge is 0.394 e. The van der Waals surface area contributed by atoms with Crippen molar-refractivity contribution in [1.29, 1.82) is 10.5 Å². The van der Waals surface area contributed by atoms with E-state index in [0.29, 0.717) is 5.56 Å². The van der Waals surface area contributed by atoms with Gasteiger partial charge in [0.15, 0.2) is 52.9 Å². The molecule has 0 spiro atoms. The van der Waals surface area contributed by atoms with Gasteiger partial charge in [-0.25, -0.2) is 33.7 Å². The number of aromatic amines is 1. The predicted molar refractivity (Wildman–Crippen MR) is 196 cm³/mol. The van der Waals surface area contributed by atoms with Gasteiger partial charge in [0.25, 0.3) is 11.5 Å². The van der Waals surface area contributed by atoms with E-state index in [2.05, 4.69) is 35.2 Å². The number of anilines is 1. The number of H-pyrrole nitrogens is 1. The number of rotatable bonds is 16. The molecule has 1 amide bonds. The first-order valence-corrected chi connectivity index (χ1v) is 20.9. The molecular weight excluding hydrogens is 826 g/mol. The fourth-order valence-corrected chi connectivity index (χ4v) is 10.6. The summed E-state index contributed by atoms with van der Waals surface area (Å²) >= 11 is 0. The molecule has 6 heterocycles. The van der Waals surface area contributed by atoms with Gasteiger partial charge in [0, 0.05) is 5.56 Å². The summed E-state index contributed by atoms with van der Waals surface area (Å²) < 4.78 is 92.0. The molecule has 22 nitrogen and oxygen atoms in total. The Morgan fingerprint density at radius 3 is 2.19 bits per heavy atom. The lowest BCUT2D eigenvalue weighted by Crippen LogP contribution is -2.36. The van der Waals surface area contributed by atoms with Gasteiger partial charge in [0.1, 0.15) is 29.9 Å². The topological polar surface area (TPSA) is 305 Å². The second kappa shape index (κ2) is 17.5. The van der Waals surface area contributed by atoms with Gasteiger partial charge in [-0.15, -0.1) is 0 Å². The number of ether oxygens (including phenoxy) is 2. The number of hydrogen-bond donors (Lipinski definition) is 4. The van der Waals surface area contributed by atoms with E-state index in [-0.39, 0.29) is 41.0 Å². The van der Waals surface area contributed by atoms with Crippen molar-refractivity contribution in [2.75, 3.05) is 31.7 Å². The third kappa shape index (κ3) is 8.15. The highest BCUT2D eigenvalue weighted by Crippen LogP contribution is 2.62. The number of benzene rings is 1. The molecular formula is C33H33F2N11O11P2. The minimum Gasteiger partial charge on any atom is -0.394 e. The molecule has 2 saturated heterocycles.